The van der Waals surface area contributed by atoms with Crippen LogP contribution in [0.1, 0.15) is 411 Å². The van der Waals surface area contributed by atoms with Crippen molar-refractivity contribution >= 4 is 0 Å². The summed E-state index contributed by atoms with van der Waals surface area (Å²) < 4.78 is 88.9. The summed E-state index contributed by atoms with van der Waals surface area (Å²) in [6.07, 6.45) is 15.6. The highest BCUT2D eigenvalue weighted by Crippen LogP contribution is 2.68. The zero-order chi connectivity index (χ0) is 85.4. The van der Waals surface area contributed by atoms with Crippen LogP contribution in [0.15, 0.2) is 54.6 Å². The van der Waals surface area contributed by atoms with Gasteiger partial charge in [0.15, 0.2) is 0 Å². The molecule has 6 heteroatoms. The fraction of sp³-hybridized carbons (Fsp3) is 0.827. The van der Waals surface area contributed by atoms with Gasteiger partial charge < -0.3 is 0 Å². The first-order valence-electron chi connectivity index (χ1n) is 45.0. The minimum Gasteiger partial charge on any atom is -0.171 e. The molecule has 12 saturated carbocycles. The summed E-state index contributed by atoms with van der Waals surface area (Å²) >= 11 is 0. The minimum atomic E-state index is -4.40. The second kappa shape index (κ2) is 33.6. The van der Waals surface area contributed by atoms with E-state index in [4.69, 9.17) is 1.37 Å². The fourth-order valence-electron chi connectivity index (χ4n) is 23.5. The van der Waals surface area contributed by atoms with Crippen molar-refractivity contribution in [2.45, 2.75) is 425 Å². The monoisotopic (exact) mass is 1540 g/mol. The van der Waals surface area contributed by atoms with E-state index in [1.165, 1.54) is 59.9 Å². The summed E-state index contributed by atoms with van der Waals surface area (Å²) in [5.74, 6) is 12.2. The van der Waals surface area contributed by atoms with E-state index in [2.05, 4.69) is 251 Å². The number of rotatable bonds is 6. The molecule has 3 aromatic carbocycles. The topological polar surface area (TPSA) is 0 Å². The highest BCUT2D eigenvalue weighted by molar-refractivity contribution is 5.47. The molecule has 12 fully saturated rings. The molecule has 12 aliphatic rings. The van der Waals surface area contributed by atoms with Gasteiger partial charge in [0, 0.05) is 1.37 Å². The fourth-order valence-corrected chi connectivity index (χ4v) is 23.5. The van der Waals surface area contributed by atoms with Gasteiger partial charge in [-0.15, -0.1) is 0 Å². The third-order valence-corrected chi connectivity index (χ3v) is 28.1. The molecule has 0 aliphatic heterocycles. The van der Waals surface area contributed by atoms with E-state index < -0.39 is 28.6 Å². The highest BCUT2D eigenvalue weighted by atomic mass is 19.4. The molecular formula is C104H174F6. The number of hydrogen-bond acceptors (Lipinski definition) is 0. The largest absolute Gasteiger partial charge is 0.394 e. The molecule has 15 rings (SSSR count). The molecule has 10 atom stereocenters. The predicted molar refractivity (Wildman–Crippen MR) is 467 cm³/mol. The third-order valence-electron chi connectivity index (χ3n) is 28.1. The molecule has 0 N–H and O–H groups in total. The van der Waals surface area contributed by atoms with Crippen molar-refractivity contribution in [3.63, 3.8) is 0 Å². The van der Waals surface area contributed by atoms with Crippen molar-refractivity contribution in [3.05, 3.63) is 105 Å². The number of hydrogen-bond donors (Lipinski definition) is 0. The van der Waals surface area contributed by atoms with E-state index in [1.54, 1.807) is 88.0 Å². The van der Waals surface area contributed by atoms with Gasteiger partial charge in [-0.25, -0.2) is 0 Å². The Bertz CT molecular complexity index is 3330. The van der Waals surface area contributed by atoms with Crippen molar-refractivity contribution < 1.29 is 27.7 Å². The van der Waals surface area contributed by atoms with Crippen LogP contribution < -0.4 is 0 Å². The average molecular weight is 1540 g/mol. The van der Waals surface area contributed by atoms with Crippen LogP contribution in [0, 0.1) is 126 Å². The third kappa shape index (κ3) is 24.9. The van der Waals surface area contributed by atoms with Crippen molar-refractivity contribution in [1.82, 2.24) is 0 Å². The Kier molecular flexibility index (Phi) is 28.8. The van der Waals surface area contributed by atoms with E-state index in [1.807, 2.05) is 20.8 Å². The summed E-state index contributed by atoms with van der Waals surface area (Å²) in [6.45, 7) is 82.4. The van der Waals surface area contributed by atoms with Crippen LogP contribution in [0.2, 0.25) is 0 Å². The van der Waals surface area contributed by atoms with Gasteiger partial charge in [-0.1, -0.05) is 324 Å². The van der Waals surface area contributed by atoms with E-state index in [-0.39, 0.29) is 45.8 Å². The molecule has 0 aromatic heterocycles. The molecule has 12 aliphatic carbocycles. The second-order valence-electron chi connectivity index (χ2n) is 51.3. The van der Waals surface area contributed by atoms with Crippen LogP contribution >= 0.6 is 0 Å². The Morgan fingerprint density at radius 1 is 0.318 bits per heavy atom. The summed E-state index contributed by atoms with van der Waals surface area (Å²) in [7, 11) is 0. The maximum Gasteiger partial charge on any atom is 0.394 e. The lowest BCUT2D eigenvalue weighted by Gasteiger charge is -2.62. The van der Waals surface area contributed by atoms with Gasteiger partial charge in [-0.3, -0.25) is 0 Å². The molecular weight excluding hydrogens is 1360 g/mol. The van der Waals surface area contributed by atoms with Gasteiger partial charge in [0.25, 0.3) is 0 Å². The number of halogens is 6. The van der Waals surface area contributed by atoms with Gasteiger partial charge in [0.2, 0.25) is 0 Å². The summed E-state index contributed by atoms with van der Waals surface area (Å²) in [4.78, 5) is 0. The highest BCUT2D eigenvalue weighted by Gasteiger charge is 2.59. The second-order valence-corrected chi connectivity index (χ2v) is 51.3. The molecule has 3 aromatic rings. The molecule has 0 spiro atoms. The molecule has 12 bridgehead atoms. The lowest BCUT2D eigenvalue weighted by Crippen LogP contribution is -2.51. The quantitative estimate of drug-likeness (QED) is 0.216. The normalized spacial score (nSPS) is 28.8. The van der Waals surface area contributed by atoms with Crippen LogP contribution in [0.3, 0.4) is 0 Å². The number of alkyl halides is 6. The first-order valence-corrected chi connectivity index (χ1v) is 44.5. The van der Waals surface area contributed by atoms with E-state index in [0.29, 0.717) is 43.8 Å². The Morgan fingerprint density at radius 2 is 0.618 bits per heavy atom. The molecule has 0 heterocycles. The van der Waals surface area contributed by atoms with Crippen LogP contribution in [-0.2, 0) is 52.8 Å². The summed E-state index contributed by atoms with van der Waals surface area (Å²) in [6, 6.07) is 18.5. The van der Waals surface area contributed by atoms with Crippen LogP contribution in [0.25, 0.3) is 0 Å². The lowest BCUT2D eigenvalue weighted by molar-refractivity contribution is -0.211. The van der Waals surface area contributed by atoms with Gasteiger partial charge in [-0.05, 0) is 308 Å². The lowest BCUT2D eigenvalue weighted by atomic mass is 9.43. The maximum atomic E-state index is 13.3. The van der Waals surface area contributed by atoms with Crippen LogP contribution in [0.4, 0.5) is 26.3 Å². The SMILES string of the molecule is CC(C)(C)C12CC3CC(CC(C3)C1)C2.CC(C)(C)C1C2CC3CC(C2)C1C3.CC(C)(C)Cc1cccc(CC(C)(C)C)c1C(C)(C)C.CC(C)(C)c1c(CC(C)(C)C(F)(F)F)cccc1CC(C)(C)C(F)(F)F.CC(C)(C)c1cccc(C(C)(C)C)c1C(C)(C)C.CCC(C)(C)C.[2H]C1(C(C)(C)C)C2CC3CC(C2)C1C3. The van der Waals surface area contributed by atoms with Gasteiger partial charge in [0.1, 0.15) is 0 Å². The minimum absolute atomic E-state index is 0.0926. The summed E-state index contributed by atoms with van der Waals surface area (Å²) in [5, 5.41) is 0. The van der Waals surface area contributed by atoms with E-state index in [0.717, 1.165) is 117 Å². The van der Waals surface area contributed by atoms with Crippen molar-refractivity contribution in [3.8, 4) is 0 Å². The molecule has 632 valence electrons. The zero-order valence-corrected chi connectivity index (χ0v) is 78.8. The number of benzene rings is 3. The molecule has 110 heavy (non-hydrogen) atoms. The average Bonchev–Trinajstić information content (AvgIpc) is 1.58. The van der Waals surface area contributed by atoms with Gasteiger partial charge >= 0.3 is 12.4 Å². The Hall–Kier alpha value is -2.76. The van der Waals surface area contributed by atoms with Crippen LogP contribution in [0.5, 0.6) is 0 Å². The van der Waals surface area contributed by atoms with Gasteiger partial charge in [-0.2, -0.15) is 26.3 Å². The van der Waals surface area contributed by atoms with Crippen molar-refractivity contribution in [2.75, 3.05) is 0 Å². The summed E-state index contributed by atoms with van der Waals surface area (Å²) in [5.41, 5.74) is 10.2. The van der Waals surface area contributed by atoms with Crippen molar-refractivity contribution in [2.24, 2.45) is 126 Å². The van der Waals surface area contributed by atoms with E-state index in [9.17, 15) is 26.3 Å². The molecule has 10 unspecified atom stereocenters. The first kappa shape index (κ1) is 94.4. The molecule has 0 saturated heterocycles. The first-order chi connectivity index (χ1) is 49.5. The Labute approximate surface area is 678 Å². The maximum absolute atomic E-state index is 13.3. The Balaban J connectivity index is 0.000000207. The smallest absolute Gasteiger partial charge is 0.171 e. The Morgan fingerprint density at radius 3 is 0.891 bits per heavy atom. The molecule has 0 nitrogen and oxygen atoms in total. The molecule has 0 amide bonds. The predicted octanol–water partition coefficient (Wildman–Crippen LogP) is 33.1. The molecule has 0 radical (unpaired) electrons. The standard InChI is InChI=1S/C20H28F6.C20H34.C18H30.C14H24.2C13H22.C6H14/c1-16(2,3)15-13(11-17(4,5)19(21,22)23)9-8-10-14(15)12-18(6,7)20(24,25)26;1-18(2,3)13-15-11-10-12-16(14-19(4,5)6)17(15)20(7,8)9;1-16(2,3)13-11-10-12-14(17(4,5)6)15(13)18(7,8)9;1-13(2,3)14-7-10-4-11(8-14)6-12(5-10)9-14;2*1-13(2,3)12-10-5-8-4-9(7-10)11(12)6-8;1-5-6(2,3)4/h8-10H,11-12H2,1-7H3;10-12H,13-14H2,1-9H3;10-12H,1-9H3;10-12H,4-9H2,1-3H3;2*8-12H,4-7H2,1-3H3;5H2,1-4H3/i;;;;12D;;. The van der Waals surface area contributed by atoms with Gasteiger partial charge in [0.05, 0.1) is 10.8 Å². The zero-order valence-electron chi connectivity index (χ0n) is 79.8. The van der Waals surface area contributed by atoms with Crippen molar-refractivity contribution in [1.29, 1.82) is 0 Å². The van der Waals surface area contributed by atoms with E-state index >= 15 is 0 Å². The van der Waals surface area contributed by atoms with Crippen LogP contribution in [-0.4, -0.2) is 12.4 Å².